The first-order valence-corrected chi connectivity index (χ1v) is 9.41. The van der Waals surface area contributed by atoms with E-state index in [0.717, 1.165) is 12.1 Å². The van der Waals surface area contributed by atoms with Gasteiger partial charge in [0, 0.05) is 17.5 Å². The van der Waals surface area contributed by atoms with E-state index in [1.54, 1.807) is 0 Å². The maximum absolute atomic E-state index is 13.9. The third kappa shape index (κ3) is 4.11. The summed E-state index contributed by atoms with van der Waals surface area (Å²) in [7, 11) is 0. The lowest BCUT2D eigenvalue weighted by Gasteiger charge is -2.31. The molecule has 11 heteroatoms. The molecule has 0 aliphatic rings. The minimum Gasteiger partial charge on any atom is -0.377 e. The summed E-state index contributed by atoms with van der Waals surface area (Å²) in [6, 6.07) is 9.15. The number of aromatic nitrogens is 2. The molecule has 0 aliphatic carbocycles. The molecule has 0 radical (unpaired) electrons. The smallest absolute Gasteiger partial charge is 0.377 e. The molecule has 33 heavy (non-hydrogen) atoms. The molecule has 4 rings (SSSR count). The first-order valence-electron chi connectivity index (χ1n) is 9.41. The van der Waals surface area contributed by atoms with E-state index in [1.807, 2.05) is 5.32 Å². The number of nitrogens with zero attached hydrogens (tertiary/aromatic N) is 2. The van der Waals surface area contributed by atoms with Crippen LogP contribution >= 0.6 is 0 Å². The van der Waals surface area contributed by atoms with Gasteiger partial charge in [-0.3, -0.25) is 0 Å². The van der Waals surface area contributed by atoms with Crippen LogP contribution in [0.1, 0.15) is 5.56 Å². The van der Waals surface area contributed by atoms with Gasteiger partial charge in [0.15, 0.2) is 11.6 Å². The van der Waals surface area contributed by atoms with Gasteiger partial charge in [-0.05, 0) is 42.0 Å². The van der Waals surface area contributed by atoms with Crippen LogP contribution in [0.15, 0.2) is 60.8 Å². The molecule has 1 heterocycles. The highest BCUT2D eigenvalue weighted by atomic mass is 19.4. The molecule has 3 aromatic carbocycles. The number of alkyl halides is 3. The van der Waals surface area contributed by atoms with Gasteiger partial charge in [-0.2, -0.15) is 18.3 Å². The van der Waals surface area contributed by atoms with Gasteiger partial charge in [0.2, 0.25) is 5.60 Å². The molecule has 0 bridgehead atoms. The standard InChI is InChI=1S/C22H14F7N3O/c23-14-2-4-16(5-3-14)32-19-6-1-13(7-12(19)10-31-32)21(33,22(27,28)29)11-30-20-17(25)8-15(24)9-18(20)26/h1-10,30,33H,11H2. The number of aliphatic hydroxyl groups is 1. The molecule has 1 unspecified atom stereocenters. The summed E-state index contributed by atoms with van der Waals surface area (Å²) in [4.78, 5) is 0. The van der Waals surface area contributed by atoms with E-state index in [2.05, 4.69) is 5.10 Å². The summed E-state index contributed by atoms with van der Waals surface area (Å²) in [5.41, 5.74) is -4.35. The van der Waals surface area contributed by atoms with Crippen LogP contribution in [0.4, 0.5) is 36.4 Å². The fraction of sp³-hybridized carbons (Fsp3) is 0.136. The van der Waals surface area contributed by atoms with E-state index in [0.29, 0.717) is 23.3 Å². The van der Waals surface area contributed by atoms with Crippen LogP contribution in [0.5, 0.6) is 0 Å². The zero-order valence-corrected chi connectivity index (χ0v) is 16.5. The van der Waals surface area contributed by atoms with E-state index in [-0.39, 0.29) is 5.39 Å². The molecular weight excluding hydrogens is 455 g/mol. The second kappa shape index (κ2) is 8.07. The van der Waals surface area contributed by atoms with Gasteiger partial charge in [-0.25, -0.2) is 22.2 Å². The molecule has 4 nitrogen and oxygen atoms in total. The van der Waals surface area contributed by atoms with Crippen LogP contribution in [0.2, 0.25) is 0 Å². The van der Waals surface area contributed by atoms with Crippen molar-refractivity contribution >= 4 is 16.6 Å². The monoisotopic (exact) mass is 469 g/mol. The van der Waals surface area contributed by atoms with Gasteiger partial charge in [0.25, 0.3) is 0 Å². The normalized spacial score (nSPS) is 13.8. The van der Waals surface area contributed by atoms with E-state index in [1.165, 1.54) is 41.2 Å². The Morgan fingerprint density at radius 1 is 0.848 bits per heavy atom. The summed E-state index contributed by atoms with van der Waals surface area (Å²) in [6.07, 6.45) is -3.99. The van der Waals surface area contributed by atoms with Gasteiger partial charge in [0.1, 0.15) is 17.3 Å². The fourth-order valence-electron chi connectivity index (χ4n) is 3.37. The quantitative estimate of drug-likeness (QED) is 0.383. The number of fused-ring (bicyclic) bond motifs is 1. The summed E-state index contributed by atoms with van der Waals surface area (Å²) >= 11 is 0. The Hall–Kier alpha value is -3.60. The van der Waals surface area contributed by atoms with E-state index >= 15 is 0 Å². The van der Waals surface area contributed by atoms with Crippen molar-refractivity contribution < 1.29 is 35.8 Å². The first kappa shape index (κ1) is 22.6. The predicted octanol–water partition coefficient (Wildman–Crippen LogP) is 5.44. The highest BCUT2D eigenvalue weighted by Gasteiger charge is 2.55. The Labute approximate surface area is 181 Å². The topological polar surface area (TPSA) is 50.1 Å². The average molecular weight is 469 g/mol. The molecule has 4 aromatic rings. The van der Waals surface area contributed by atoms with Crippen LogP contribution < -0.4 is 5.32 Å². The molecule has 0 fully saturated rings. The molecule has 172 valence electrons. The Morgan fingerprint density at radius 3 is 2.09 bits per heavy atom. The fourth-order valence-corrected chi connectivity index (χ4v) is 3.37. The SMILES string of the molecule is OC(CNc1c(F)cc(F)cc1F)(c1ccc2c(cnn2-c2ccc(F)cc2)c1)C(F)(F)F. The lowest BCUT2D eigenvalue weighted by molar-refractivity contribution is -0.260. The highest BCUT2D eigenvalue weighted by Crippen LogP contribution is 2.40. The molecule has 1 atom stereocenters. The lowest BCUT2D eigenvalue weighted by Crippen LogP contribution is -2.48. The molecule has 0 saturated carbocycles. The van der Waals surface area contributed by atoms with Crippen molar-refractivity contribution in [1.82, 2.24) is 9.78 Å². The summed E-state index contributed by atoms with van der Waals surface area (Å²) in [5.74, 6) is -4.62. The molecule has 0 spiro atoms. The lowest BCUT2D eigenvalue weighted by atomic mass is 9.92. The van der Waals surface area contributed by atoms with Crippen molar-refractivity contribution in [2.75, 3.05) is 11.9 Å². The van der Waals surface area contributed by atoms with Crippen LogP contribution in [-0.2, 0) is 5.60 Å². The molecule has 0 saturated heterocycles. The van der Waals surface area contributed by atoms with Crippen molar-refractivity contribution in [1.29, 1.82) is 0 Å². The minimum atomic E-state index is -5.24. The Bertz CT molecular complexity index is 1300. The number of hydrogen-bond donors (Lipinski definition) is 2. The van der Waals surface area contributed by atoms with Gasteiger partial charge >= 0.3 is 6.18 Å². The molecule has 0 aliphatic heterocycles. The second-order valence-electron chi connectivity index (χ2n) is 7.26. The Morgan fingerprint density at radius 2 is 1.48 bits per heavy atom. The molecule has 1 aromatic heterocycles. The third-order valence-electron chi connectivity index (χ3n) is 5.11. The van der Waals surface area contributed by atoms with Gasteiger partial charge in [-0.1, -0.05) is 6.07 Å². The van der Waals surface area contributed by atoms with Crippen molar-refractivity contribution in [3.05, 3.63) is 89.6 Å². The van der Waals surface area contributed by atoms with E-state index < -0.39 is 52.8 Å². The largest absolute Gasteiger partial charge is 0.423 e. The van der Waals surface area contributed by atoms with Crippen LogP contribution in [0.25, 0.3) is 16.6 Å². The summed E-state index contributed by atoms with van der Waals surface area (Å²) < 4.78 is 96.9. The van der Waals surface area contributed by atoms with E-state index in [9.17, 15) is 35.8 Å². The Kier molecular flexibility index (Phi) is 5.52. The van der Waals surface area contributed by atoms with E-state index in [4.69, 9.17) is 0 Å². The number of hydrogen-bond acceptors (Lipinski definition) is 3. The molecule has 0 amide bonds. The third-order valence-corrected chi connectivity index (χ3v) is 5.11. The first-order chi connectivity index (χ1) is 15.5. The predicted molar refractivity (Wildman–Crippen MR) is 106 cm³/mol. The Balaban J connectivity index is 1.71. The number of rotatable bonds is 5. The van der Waals surface area contributed by atoms with Crippen molar-refractivity contribution in [3.63, 3.8) is 0 Å². The summed E-state index contributed by atoms with van der Waals surface area (Å²) in [5, 5.41) is 16.8. The zero-order valence-electron chi connectivity index (χ0n) is 16.5. The second-order valence-corrected chi connectivity index (χ2v) is 7.26. The number of halogens is 7. The number of nitrogens with one attached hydrogen (secondary N) is 1. The van der Waals surface area contributed by atoms with Crippen LogP contribution in [0.3, 0.4) is 0 Å². The maximum atomic E-state index is 13.9. The minimum absolute atomic E-state index is 0.221. The molecular formula is C22H14F7N3O. The van der Waals surface area contributed by atoms with Crippen molar-refractivity contribution in [3.8, 4) is 5.69 Å². The van der Waals surface area contributed by atoms with Gasteiger partial charge in [-0.15, -0.1) is 0 Å². The number of benzene rings is 3. The van der Waals surface area contributed by atoms with Gasteiger partial charge < -0.3 is 10.4 Å². The average Bonchev–Trinajstić information content (AvgIpc) is 3.16. The number of anilines is 1. The zero-order chi connectivity index (χ0) is 24.0. The van der Waals surface area contributed by atoms with Gasteiger partial charge in [0.05, 0.1) is 23.9 Å². The highest BCUT2D eigenvalue weighted by molar-refractivity contribution is 5.81. The summed E-state index contributed by atoms with van der Waals surface area (Å²) in [6.45, 7) is -1.35. The maximum Gasteiger partial charge on any atom is 0.423 e. The molecule has 2 N–H and O–H groups in total. The van der Waals surface area contributed by atoms with Crippen molar-refractivity contribution in [2.24, 2.45) is 0 Å². The van der Waals surface area contributed by atoms with Crippen LogP contribution in [-0.4, -0.2) is 27.6 Å². The van der Waals surface area contributed by atoms with Crippen LogP contribution in [0, 0.1) is 23.3 Å². The van der Waals surface area contributed by atoms with Crippen molar-refractivity contribution in [2.45, 2.75) is 11.8 Å².